The van der Waals surface area contributed by atoms with Gasteiger partial charge in [-0.3, -0.25) is 4.90 Å². The summed E-state index contributed by atoms with van der Waals surface area (Å²) in [6.07, 6.45) is 0. The van der Waals surface area contributed by atoms with Crippen LogP contribution in [0.3, 0.4) is 0 Å². The number of amides is 2. The SMILES string of the molecule is CC(C)NC(=O)N1CCN(C)C(c2ccccc2)C1. The summed E-state index contributed by atoms with van der Waals surface area (Å²) in [5.41, 5.74) is 1.27. The van der Waals surface area contributed by atoms with Crippen molar-refractivity contribution in [2.24, 2.45) is 0 Å². The minimum Gasteiger partial charge on any atom is -0.336 e. The summed E-state index contributed by atoms with van der Waals surface area (Å²) in [6, 6.07) is 10.9. The van der Waals surface area contributed by atoms with Crippen molar-refractivity contribution < 1.29 is 4.79 Å². The number of rotatable bonds is 2. The van der Waals surface area contributed by atoms with Crippen LogP contribution in [0.2, 0.25) is 0 Å². The third-order valence-electron chi connectivity index (χ3n) is 3.53. The molecule has 104 valence electrons. The van der Waals surface area contributed by atoms with Gasteiger partial charge in [0.05, 0.1) is 6.04 Å². The van der Waals surface area contributed by atoms with Crippen LogP contribution in [0.4, 0.5) is 4.79 Å². The van der Waals surface area contributed by atoms with E-state index in [0.29, 0.717) is 0 Å². The van der Waals surface area contributed by atoms with Crippen molar-refractivity contribution in [3.05, 3.63) is 35.9 Å². The molecule has 0 bridgehead atoms. The highest BCUT2D eigenvalue weighted by Crippen LogP contribution is 2.23. The topological polar surface area (TPSA) is 35.6 Å². The lowest BCUT2D eigenvalue weighted by molar-refractivity contribution is 0.109. The fraction of sp³-hybridized carbons (Fsp3) is 0.533. The molecule has 2 amide bonds. The van der Waals surface area contributed by atoms with Crippen LogP contribution in [0.1, 0.15) is 25.5 Å². The molecule has 0 aliphatic carbocycles. The van der Waals surface area contributed by atoms with E-state index >= 15 is 0 Å². The predicted octanol–water partition coefficient (Wildman–Crippen LogP) is 2.09. The fourth-order valence-electron chi connectivity index (χ4n) is 2.43. The number of urea groups is 1. The fourth-order valence-corrected chi connectivity index (χ4v) is 2.43. The maximum atomic E-state index is 12.1. The number of benzene rings is 1. The molecule has 0 saturated carbocycles. The maximum Gasteiger partial charge on any atom is 0.317 e. The van der Waals surface area contributed by atoms with Gasteiger partial charge >= 0.3 is 6.03 Å². The second kappa shape index (κ2) is 6.06. The lowest BCUT2D eigenvalue weighted by Gasteiger charge is -2.39. The van der Waals surface area contributed by atoms with E-state index < -0.39 is 0 Å². The molecule has 1 aliphatic heterocycles. The van der Waals surface area contributed by atoms with Crippen LogP contribution in [-0.2, 0) is 0 Å². The smallest absolute Gasteiger partial charge is 0.317 e. The number of nitrogens with one attached hydrogen (secondary N) is 1. The first-order valence-corrected chi connectivity index (χ1v) is 6.88. The molecular formula is C15H23N3O. The predicted molar refractivity (Wildman–Crippen MR) is 77.1 cm³/mol. The summed E-state index contributed by atoms with van der Waals surface area (Å²) >= 11 is 0. The van der Waals surface area contributed by atoms with E-state index in [1.165, 1.54) is 5.56 Å². The molecule has 19 heavy (non-hydrogen) atoms. The molecule has 0 aromatic heterocycles. The molecule has 0 radical (unpaired) electrons. The van der Waals surface area contributed by atoms with E-state index in [0.717, 1.165) is 19.6 Å². The van der Waals surface area contributed by atoms with Crippen LogP contribution >= 0.6 is 0 Å². The minimum absolute atomic E-state index is 0.0454. The van der Waals surface area contributed by atoms with E-state index in [2.05, 4.69) is 41.5 Å². The van der Waals surface area contributed by atoms with Gasteiger partial charge in [-0.25, -0.2) is 4.79 Å². The molecular weight excluding hydrogens is 238 g/mol. The van der Waals surface area contributed by atoms with E-state index in [4.69, 9.17) is 0 Å². The van der Waals surface area contributed by atoms with Crippen molar-refractivity contribution in [1.82, 2.24) is 15.1 Å². The molecule has 1 aromatic carbocycles. The van der Waals surface area contributed by atoms with Gasteiger partial charge in [-0.2, -0.15) is 0 Å². The van der Waals surface area contributed by atoms with Gasteiger partial charge in [-0.05, 0) is 26.5 Å². The Bertz CT molecular complexity index is 419. The molecule has 4 nitrogen and oxygen atoms in total. The van der Waals surface area contributed by atoms with Crippen molar-refractivity contribution in [2.45, 2.75) is 25.9 Å². The average Bonchev–Trinajstić information content (AvgIpc) is 2.39. The van der Waals surface area contributed by atoms with Crippen molar-refractivity contribution in [3.63, 3.8) is 0 Å². The lowest BCUT2D eigenvalue weighted by atomic mass is 10.0. The normalized spacial score (nSPS) is 20.6. The highest BCUT2D eigenvalue weighted by molar-refractivity contribution is 5.74. The van der Waals surface area contributed by atoms with Crippen molar-refractivity contribution in [1.29, 1.82) is 0 Å². The van der Waals surface area contributed by atoms with Crippen LogP contribution in [0.15, 0.2) is 30.3 Å². The maximum absolute atomic E-state index is 12.1. The Morgan fingerprint density at radius 2 is 1.95 bits per heavy atom. The van der Waals surface area contributed by atoms with Gasteiger partial charge < -0.3 is 10.2 Å². The van der Waals surface area contributed by atoms with Crippen LogP contribution in [0.5, 0.6) is 0 Å². The van der Waals surface area contributed by atoms with Crippen molar-refractivity contribution in [2.75, 3.05) is 26.7 Å². The molecule has 1 unspecified atom stereocenters. The summed E-state index contributed by atoms with van der Waals surface area (Å²) in [7, 11) is 2.12. The Labute approximate surface area is 115 Å². The molecule has 1 aliphatic rings. The number of nitrogens with zero attached hydrogens (tertiary/aromatic N) is 2. The highest BCUT2D eigenvalue weighted by atomic mass is 16.2. The summed E-state index contributed by atoms with van der Waals surface area (Å²) in [5, 5.41) is 2.97. The van der Waals surface area contributed by atoms with Gasteiger partial charge in [0.25, 0.3) is 0 Å². The van der Waals surface area contributed by atoms with Crippen LogP contribution in [-0.4, -0.2) is 48.6 Å². The van der Waals surface area contributed by atoms with Gasteiger partial charge in [0.2, 0.25) is 0 Å². The third kappa shape index (κ3) is 3.47. The zero-order valence-corrected chi connectivity index (χ0v) is 12.0. The summed E-state index contributed by atoms with van der Waals surface area (Å²) in [4.78, 5) is 16.3. The first-order valence-electron chi connectivity index (χ1n) is 6.88. The van der Waals surface area contributed by atoms with Gasteiger partial charge in [0.1, 0.15) is 0 Å². The van der Waals surface area contributed by atoms with E-state index in [9.17, 15) is 4.79 Å². The van der Waals surface area contributed by atoms with Crippen LogP contribution in [0.25, 0.3) is 0 Å². The van der Waals surface area contributed by atoms with Crippen LogP contribution in [0, 0.1) is 0 Å². The first-order chi connectivity index (χ1) is 9.08. The van der Waals surface area contributed by atoms with Gasteiger partial charge in [0.15, 0.2) is 0 Å². The number of hydrogen-bond acceptors (Lipinski definition) is 2. The Morgan fingerprint density at radius 1 is 1.26 bits per heavy atom. The van der Waals surface area contributed by atoms with Gasteiger partial charge in [-0.1, -0.05) is 30.3 Å². The molecule has 2 rings (SSSR count). The minimum atomic E-state index is 0.0454. The number of carbonyl (C=O) groups excluding carboxylic acids is 1. The van der Waals surface area contributed by atoms with Crippen molar-refractivity contribution >= 4 is 6.03 Å². The van der Waals surface area contributed by atoms with Crippen LogP contribution < -0.4 is 5.32 Å². The molecule has 1 N–H and O–H groups in total. The highest BCUT2D eigenvalue weighted by Gasteiger charge is 2.28. The lowest BCUT2D eigenvalue weighted by Crippen LogP contribution is -2.53. The average molecular weight is 261 g/mol. The third-order valence-corrected chi connectivity index (χ3v) is 3.53. The molecule has 1 aromatic rings. The number of hydrogen-bond donors (Lipinski definition) is 1. The number of likely N-dealkylation sites (N-methyl/N-ethyl adjacent to an activating group) is 1. The first kappa shape index (κ1) is 13.9. The summed E-state index contributed by atoms with van der Waals surface area (Å²) in [6.45, 7) is 6.42. The van der Waals surface area contributed by atoms with Gasteiger partial charge in [-0.15, -0.1) is 0 Å². The van der Waals surface area contributed by atoms with E-state index in [1.807, 2.05) is 24.8 Å². The van der Waals surface area contributed by atoms with E-state index in [-0.39, 0.29) is 18.1 Å². The Morgan fingerprint density at radius 3 is 2.58 bits per heavy atom. The van der Waals surface area contributed by atoms with Gasteiger partial charge in [0, 0.05) is 25.7 Å². The Balaban J connectivity index is 2.06. The Hall–Kier alpha value is -1.55. The second-order valence-electron chi connectivity index (χ2n) is 5.46. The summed E-state index contributed by atoms with van der Waals surface area (Å²) in [5.74, 6) is 0. The largest absolute Gasteiger partial charge is 0.336 e. The monoisotopic (exact) mass is 261 g/mol. The molecule has 4 heteroatoms. The number of carbonyl (C=O) groups is 1. The molecule has 1 heterocycles. The number of piperazine rings is 1. The quantitative estimate of drug-likeness (QED) is 0.885. The van der Waals surface area contributed by atoms with Crippen molar-refractivity contribution in [3.8, 4) is 0 Å². The van der Waals surface area contributed by atoms with E-state index in [1.54, 1.807) is 0 Å². The molecule has 1 atom stereocenters. The standard InChI is InChI=1S/C15H23N3O/c1-12(2)16-15(19)18-10-9-17(3)14(11-18)13-7-5-4-6-8-13/h4-8,12,14H,9-11H2,1-3H3,(H,16,19). The zero-order chi connectivity index (χ0) is 13.8. The Kier molecular flexibility index (Phi) is 4.43. The summed E-state index contributed by atoms with van der Waals surface area (Å²) < 4.78 is 0. The zero-order valence-electron chi connectivity index (χ0n) is 12.0. The molecule has 1 fully saturated rings. The molecule has 1 saturated heterocycles. The second-order valence-corrected chi connectivity index (χ2v) is 5.46. The molecule has 0 spiro atoms.